The Morgan fingerprint density at radius 1 is 0.800 bits per heavy atom. The van der Waals surface area contributed by atoms with Gasteiger partial charge in [0.05, 0.1) is 7.11 Å². The first kappa shape index (κ1) is 21.7. The van der Waals surface area contributed by atoms with Crippen molar-refractivity contribution in [3.63, 3.8) is 0 Å². The number of hydrogen-bond acceptors (Lipinski definition) is 1. The fraction of sp³-hybridized carbons (Fsp3) is 0.231. The molecule has 0 atom stereocenters. The van der Waals surface area contributed by atoms with E-state index in [1.54, 1.807) is 36.4 Å². The number of halogens is 3. The number of methoxy groups -OCH3 is 1. The fourth-order valence-corrected chi connectivity index (χ4v) is 3.31. The Morgan fingerprint density at radius 2 is 1.53 bits per heavy atom. The predicted octanol–water partition coefficient (Wildman–Crippen LogP) is 7.68. The summed E-state index contributed by atoms with van der Waals surface area (Å²) in [5, 5.41) is 0. The van der Waals surface area contributed by atoms with Gasteiger partial charge in [0.2, 0.25) is 0 Å². The summed E-state index contributed by atoms with van der Waals surface area (Å²) in [5.41, 5.74) is 3.06. The Labute approximate surface area is 175 Å². The molecule has 0 spiro atoms. The van der Waals surface area contributed by atoms with Gasteiger partial charge in [-0.25, -0.2) is 13.2 Å². The van der Waals surface area contributed by atoms with Gasteiger partial charge >= 0.3 is 0 Å². The van der Waals surface area contributed by atoms with Crippen LogP contribution in [0.4, 0.5) is 13.2 Å². The van der Waals surface area contributed by atoms with Crippen LogP contribution in [0.1, 0.15) is 42.9 Å². The molecular formula is C26H25F3O. The molecule has 0 fully saturated rings. The van der Waals surface area contributed by atoms with Crippen molar-refractivity contribution in [1.82, 2.24) is 0 Å². The second-order valence-corrected chi connectivity index (χ2v) is 7.20. The Hall–Kier alpha value is -3.01. The van der Waals surface area contributed by atoms with Gasteiger partial charge in [0, 0.05) is 5.56 Å². The van der Waals surface area contributed by atoms with Crippen molar-refractivity contribution in [1.29, 1.82) is 0 Å². The molecule has 1 nitrogen and oxygen atoms in total. The summed E-state index contributed by atoms with van der Waals surface area (Å²) in [6, 6.07) is 15.5. The average molecular weight is 410 g/mol. The highest BCUT2D eigenvalue weighted by Crippen LogP contribution is 2.26. The van der Waals surface area contributed by atoms with Gasteiger partial charge < -0.3 is 4.74 Å². The van der Waals surface area contributed by atoms with Crippen LogP contribution < -0.4 is 4.74 Å². The van der Waals surface area contributed by atoms with Gasteiger partial charge in [0.15, 0.2) is 23.2 Å². The molecule has 0 radical (unpaired) electrons. The maximum absolute atomic E-state index is 14.4. The number of unbranched alkanes of at least 4 members (excludes halogenated alkanes) is 2. The van der Waals surface area contributed by atoms with Crippen molar-refractivity contribution < 1.29 is 17.9 Å². The van der Waals surface area contributed by atoms with E-state index in [4.69, 9.17) is 4.74 Å². The van der Waals surface area contributed by atoms with Gasteiger partial charge in [0.1, 0.15) is 0 Å². The molecule has 0 heterocycles. The molecule has 0 aliphatic heterocycles. The molecule has 0 saturated heterocycles. The van der Waals surface area contributed by atoms with Gasteiger partial charge in [-0.3, -0.25) is 0 Å². The lowest BCUT2D eigenvalue weighted by atomic mass is 10.0. The van der Waals surface area contributed by atoms with E-state index in [-0.39, 0.29) is 11.3 Å². The second kappa shape index (κ2) is 10.1. The number of hydrogen-bond donors (Lipinski definition) is 0. The van der Waals surface area contributed by atoms with Crippen molar-refractivity contribution in [3.8, 4) is 16.9 Å². The first-order valence-electron chi connectivity index (χ1n) is 10.1. The topological polar surface area (TPSA) is 9.23 Å². The molecule has 0 aliphatic rings. The summed E-state index contributed by atoms with van der Waals surface area (Å²) in [7, 11) is 1.42. The summed E-state index contributed by atoms with van der Waals surface area (Å²) in [5.74, 6) is -1.80. The van der Waals surface area contributed by atoms with Crippen LogP contribution >= 0.6 is 0 Å². The Morgan fingerprint density at radius 3 is 2.20 bits per heavy atom. The number of rotatable bonds is 8. The zero-order chi connectivity index (χ0) is 21.5. The van der Waals surface area contributed by atoms with E-state index in [1.165, 1.54) is 13.2 Å². The Bertz CT molecular complexity index is 1020. The van der Waals surface area contributed by atoms with E-state index in [0.29, 0.717) is 12.0 Å². The maximum atomic E-state index is 14.4. The number of benzene rings is 3. The van der Waals surface area contributed by atoms with Gasteiger partial charge in [-0.2, -0.15) is 0 Å². The molecule has 0 aromatic heterocycles. The van der Waals surface area contributed by atoms with Crippen LogP contribution in [-0.4, -0.2) is 7.11 Å². The maximum Gasteiger partial charge on any atom is 0.166 e. The number of aryl methyl sites for hydroxylation is 1. The fourth-order valence-electron chi connectivity index (χ4n) is 3.31. The molecule has 3 aromatic rings. The van der Waals surface area contributed by atoms with Crippen LogP contribution in [0.15, 0.2) is 54.6 Å². The van der Waals surface area contributed by atoms with Gasteiger partial charge in [-0.15, -0.1) is 0 Å². The largest absolute Gasteiger partial charge is 0.494 e. The molecule has 3 rings (SSSR count). The molecule has 0 aliphatic carbocycles. The van der Waals surface area contributed by atoms with E-state index in [9.17, 15) is 13.2 Å². The molecule has 30 heavy (non-hydrogen) atoms. The van der Waals surface area contributed by atoms with E-state index >= 15 is 0 Å². The van der Waals surface area contributed by atoms with E-state index < -0.39 is 17.5 Å². The summed E-state index contributed by atoms with van der Waals surface area (Å²) in [6.07, 6.45) is 6.74. The average Bonchev–Trinajstić information content (AvgIpc) is 2.76. The normalized spacial score (nSPS) is 11.2. The summed E-state index contributed by atoms with van der Waals surface area (Å²) >= 11 is 0. The minimum atomic E-state index is -0.814. The molecule has 0 amide bonds. The lowest BCUT2D eigenvalue weighted by molar-refractivity contribution is 0.386. The predicted molar refractivity (Wildman–Crippen MR) is 117 cm³/mol. The summed E-state index contributed by atoms with van der Waals surface area (Å²) in [4.78, 5) is 0. The quantitative estimate of drug-likeness (QED) is 0.273. The minimum absolute atomic E-state index is 0.198. The third-order valence-electron chi connectivity index (χ3n) is 5.09. The van der Waals surface area contributed by atoms with Gasteiger partial charge in [-0.05, 0) is 47.2 Å². The minimum Gasteiger partial charge on any atom is -0.494 e. The van der Waals surface area contributed by atoms with Gasteiger partial charge in [-0.1, -0.05) is 74.4 Å². The lowest BCUT2D eigenvalue weighted by Gasteiger charge is -2.07. The van der Waals surface area contributed by atoms with E-state index in [2.05, 4.69) is 6.92 Å². The van der Waals surface area contributed by atoms with E-state index in [1.807, 2.05) is 24.3 Å². The molecule has 0 N–H and O–H groups in total. The van der Waals surface area contributed by atoms with Crippen molar-refractivity contribution in [3.05, 3.63) is 88.7 Å². The van der Waals surface area contributed by atoms with Crippen LogP contribution in [-0.2, 0) is 6.42 Å². The smallest absolute Gasteiger partial charge is 0.166 e. The third-order valence-corrected chi connectivity index (χ3v) is 5.09. The van der Waals surface area contributed by atoms with Crippen LogP contribution in [0.3, 0.4) is 0 Å². The highest BCUT2D eigenvalue weighted by atomic mass is 19.2. The van der Waals surface area contributed by atoms with Crippen molar-refractivity contribution in [2.24, 2.45) is 0 Å². The molecule has 0 unspecified atom stereocenters. The molecule has 4 heteroatoms. The zero-order valence-electron chi connectivity index (χ0n) is 17.2. The molecule has 0 bridgehead atoms. The lowest BCUT2D eigenvalue weighted by Crippen LogP contribution is -1.97. The highest BCUT2D eigenvalue weighted by molar-refractivity contribution is 5.72. The molecular weight excluding hydrogens is 385 g/mol. The molecule has 0 saturated carbocycles. The standard InChI is InChI=1S/C26H25F3O/c1-3-4-5-6-20-13-14-21(26(29)25(20)28)12-9-18-7-10-19(11-8-18)22-15-16-24(30-2)23(27)17-22/h7-17H,3-6H2,1-2H3. The Balaban J connectivity index is 1.74. The van der Waals surface area contributed by atoms with Crippen LogP contribution in [0, 0.1) is 17.5 Å². The van der Waals surface area contributed by atoms with E-state index in [0.717, 1.165) is 36.0 Å². The van der Waals surface area contributed by atoms with Crippen LogP contribution in [0.25, 0.3) is 23.3 Å². The Kier molecular flexibility index (Phi) is 7.34. The number of ether oxygens (including phenoxy) is 1. The third kappa shape index (κ3) is 5.12. The van der Waals surface area contributed by atoms with Crippen molar-refractivity contribution >= 4 is 12.2 Å². The SMILES string of the molecule is CCCCCc1ccc(C=Cc2ccc(-c3ccc(OC)c(F)c3)cc2)c(F)c1F. The first-order chi connectivity index (χ1) is 14.5. The molecule has 3 aromatic carbocycles. The first-order valence-corrected chi connectivity index (χ1v) is 10.1. The monoisotopic (exact) mass is 410 g/mol. The summed E-state index contributed by atoms with van der Waals surface area (Å²) < 4.78 is 47.5. The van der Waals surface area contributed by atoms with Crippen LogP contribution in [0.5, 0.6) is 5.75 Å². The van der Waals surface area contributed by atoms with Gasteiger partial charge in [0.25, 0.3) is 0 Å². The van der Waals surface area contributed by atoms with Crippen molar-refractivity contribution in [2.45, 2.75) is 32.6 Å². The zero-order valence-corrected chi connectivity index (χ0v) is 17.2. The second-order valence-electron chi connectivity index (χ2n) is 7.20. The molecule has 156 valence electrons. The van der Waals surface area contributed by atoms with Crippen molar-refractivity contribution in [2.75, 3.05) is 7.11 Å². The summed E-state index contributed by atoms with van der Waals surface area (Å²) in [6.45, 7) is 2.08. The van der Waals surface area contributed by atoms with Crippen LogP contribution in [0.2, 0.25) is 0 Å². The highest BCUT2D eigenvalue weighted by Gasteiger charge is 2.11.